The average molecular weight is 339 g/mol. The van der Waals surface area contributed by atoms with Crippen LogP contribution in [0.15, 0.2) is 36.4 Å². The Morgan fingerprint density at radius 2 is 1.32 bits per heavy atom. The van der Waals surface area contributed by atoms with Crippen molar-refractivity contribution < 1.29 is 9.90 Å². The number of benzene rings is 2. The highest BCUT2D eigenvalue weighted by molar-refractivity contribution is 6.04. The van der Waals surface area contributed by atoms with Crippen LogP contribution >= 0.6 is 0 Å². The third-order valence-electron chi connectivity index (χ3n) is 4.30. The van der Waals surface area contributed by atoms with Crippen molar-refractivity contribution >= 4 is 11.6 Å². The minimum absolute atomic E-state index is 0.167. The summed E-state index contributed by atoms with van der Waals surface area (Å²) in [7, 11) is 0. The molecule has 0 heterocycles. The van der Waals surface area contributed by atoms with Crippen LogP contribution in [0.3, 0.4) is 0 Å². The Balaban J connectivity index is 2.49. The zero-order valence-electron chi connectivity index (χ0n) is 16.3. The number of carbonyl (C=O) groups excluding carboxylic acids is 1. The number of anilines is 1. The van der Waals surface area contributed by atoms with E-state index in [0.29, 0.717) is 5.56 Å². The van der Waals surface area contributed by atoms with Gasteiger partial charge in [0.2, 0.25) is 0 Å². The van der Waals surface area contributed by atoms with E-state index >= 15 is 0 Å². The molecular weight excluding hydrogens is 310 g/mol. The third kappa shape index (κ3) is 4.41. The number of hydrogen-bond donors (Lipinski definition) is 2. The lowest BCUT2D eigenvalue weighted by atomic mass is 9.78. The molecule has 0 aromatic heterocycles. The molecule has 0 saturated carbocycles. The summed E-state index contributed by atoms with van der Waals surface area (Å²) in [4.78, 5) is 12.8. The number of rotatable bonds is 2. The predicted molar refractivity (Wildman–Crippen MR) is 105 cm³/mol. The summed E-state index contributed by atoms with van der Waals surface area (Å²) in [5.41, 5.74) is 3.52. The van der Waals surface area contributed by atoms with Crippen LogP contribution in [-0.4, -0.2) is 11.0 Å². The molecular formula is C22H29NO2. The molecule has 3 nitrogen and oxygen atoms in total. The van der Waals surface area contributed by atoms with Crippen molar-refractivity contribution in [2.24, 2.45) is 0 Å². The topological polar surface area (TPSA) is 49.3 Å². The molecule has 0 aliphatic carbocycles. The van der Waals surface area contributed by atoms with Crippen LogP contribution in [0.25, 0.3) is 0 Å². The van der Waals surface area contributed by atoms with Crippen molar-refractivity contribution in [3.63, 3.8) is 0 Å². The summed E-state index contributed by atoms with van der Waals surface area (Å²) in [5.74, 6) is 0.117. The van der Waals surface area contributed by atoms with E-state index in [1.807, 2.05) is 72.7 Å². The number of aryl methyl sites for hydroxylation is 1. The lowest BCUT2D eigenvalue weighted by Crippen LogP contribution is -2.20. The Morgan fingerprint density at radius 1 is 0.880 bits per heavy atom. The summed E-state index contributed by atoms with van der Waals surface area (Å²) in [5, 5.41) is 13.7. The molecule has 0 atom stereocenters. The van der Waals surface area contributed by atoms with E-state index in [9.17, 15) is 9.90 Å². The minimum Gasteiger partial charge on any atom is -0.507 e. The molecule has 0 fully saturated rings. The van der Waals surface area contributed by atoms with Crippen LogP contribution in [0.4, 0.5) is 5.69 Å². The van der Waals surface area contributed by atoms with E-state index in [0.717, 1.165) is 22.4 Å². The van der Waals surface area contributed by atoms with Gasteiger partial charge in [-0.3, -0.25) is 4.79 Å². The fourth-order valence-electron chi connectivity index (χ4n) is 2.75. The van der Waals surface area contributed by atoms with E-state index in [4.69, 9.17) is 0 Å². The lowest BCUT2D eigenvalue weighted by molar-refractivity contribution is 0.102. The van der Waals surface area contributed by atoms with Crippen molar-refractivity contribution in [1.82, 2.24) is 0 Å². The molecule has 0 spiro atoms. The highest BCUT2D eigenvalue weighted by Gasteiger charge is 2.27. The zero-order valence-corrected chi connectivity index (χ0v) is 16.3. The Bertz CT molecular complexity index is 740. The summed E-state index contributed by atoms with van der Waals surface area (Å²) in [6.45, 7) is 14.2. The normalized spacial score (nSPS) is 12.1. The Morgan fingerprint density at radius 3 is 1.72 bits per heavy atom. The van der Waals surface area contributed by atoms with Crippen molar-refractivity contribution in [2.75, 3.05) is 5.32 Å². The van der Waals surface area contributed by atoms with Gasteiger partial charge in [-0.05, 0) is 42.0 Å². The molecule has 0 unspecified atom stereocenters. The van der Waals surface area contributed by atoms with Gasteiger partial charge in [-0.1, -0.05) is 59.2 Å². The van der Waals surface area contributed by atoms with Crippen molar-refractivity contribution in [3.05, 3.63) is 58.7 Å². The maximum atomic E-state index is 12.8. The van der Waals surface area contributed by atoms with Crippen LogP contribution < -0.4 is 5.32 Å². The van der Waals surface area contributed by atoms with Gasteiger partial charge in [0, 0.05) is 22.4 Å². The van der Waals surface area contributed by atoms with Gasteiger partial charge >= 0.3 is 0 Å². The third-order valence-corrected chi connectivity index (χ3v) is 4.30. The van der Waals surface area contributed by atoms with Crippen LogP contribution in [0.5, 0.6) is 5.75 Å². The van der Waals surface area contributed by atoms with E-state index in [1.54, 1.807) is 12.1 Å². The van der Waals surface area contributed by atoms with E-state index in [1.165, 1.54) is 0 Å². The molecule has 0 aliphatic heterocycles. The summed E-state index contributed by atoms with van der Waals surface area (Å²) < 4.78 is 0. The lowest BCUT2D eigenvalue weighted by Gasteiger charge is -2.28. The number of carbonyl (C=O) groups is 1. The van der Waals surface area contributed by atoms with Gasteiger partial charge in [0.1, 0.15) is 5.75 Å². The second-order valence-corrected chi connectivity index (χ2v) is 8.74. The molecule has 0 aliphatic rings. The molecule has 2 aromatic rings. The fourth-order valence-corrected chi connectivity index (χ4v) is 2.75. The van der Waals surface area contributed by atoms with Crippen LogP contribution in [0, 0.1) is 6.92 Å². The Kier molecular flexibility index (Phi) is 4.99. The Labute approximate surface area is 151 Å². The van der Waals surface area contributed by atoms with Gasteiger partial charge in [0.25, 0.3) is 5.91 Å². The second kappa shape index (κ2) is 6.55. The van der Waals surface area contributed by atoms with Gasteiger partial charge in [-0.15, -0.1) is 0 Å². The first-order chi connectivity index (χ1) is 11.4. The molecule has 3 heteroatoms. The molecule has 2 rings (SSSR count). The quantitative estimate of drug-likeness (QED) is 0.754. The largest absolute Gasteiger partial charge is 0.507 e. The molecule has 0 bridgehead atoms. The molecule has 25 heavy (non-hydrogen) atoms. The van der Waals surface area contributed by atoms with Gasteiger partial charge in [-0.25, -0.2) is 0 Å². The number of amides is 1. The number of phenols is 1. The maximum absolute atomic E-state index is 12.8. The molecule has 1 amide bonds. The SMILES string of the molecule is Cc1ccc(NC(=O)c2cc(C(C)(C)C)c(O)c(C(C)(C)C)c2)cc1. The zero-order chi connectivity index (χ0) is 19.0. The second-order valence-electron chi connectivity index (χ2n) is 8.74. The van der Waals surface area contributed by atoms with Gasteiger partial charge < -0.3 is 10.4 Å². The fraction of sp³-hybridized carbons (Fsp3) is 0.409. The average Bonchev–Trinajstić information content (AvgIpc) is 2.47. The monoisotopic (exact) mass is 339 g/mol. The highest BCUT2D eigenvalue weighted by atomic mass is 16.3. The summed E-state index contributed by atoms with van der Waals surface area (Å²) >= 11 is 0. The summed E-state index contributed by atoms with van der Waals surface area (Å²) in [6, 6.07) is 11.3. The number of hydrogen-bond acceptors (Lipinski definition) is 2. The van der Waals surface area contributed by atoms with E-state index in [2.05, 4.69) is 5.32 Å². The van der Waals surface area contributed by atoms with Gasteiger partial charge in [-0.2, -0.15) is 0 Å². The van der Waals surface area contributed by atoms with Crippen LogP contribution in [0.2, 0.25) is 0 Å². The van der Waals surface area contributed by atoms with Crippen LogP contribution in [0.1, 0.15) is 68.6 Å². The summed E-state index contributed by atoms with van der Waals surface area (Å²) in [6.07, 6.45) is 0. The van der Waals surface area contributed by atoms with E-state index in [-0.39, 0.29) is 22.5 Å². The first-order valence-electron chi connectivity index (χ1n) is 8.65. The van der Waals surface area contributed by atoms with Crippen molar-refractivity contribution in [3.8, 4) is 5.75 Å². The van der Waals surface area contributed by atoms with Crippen LogP contribution in [-0.2, 0) is 10.8 Å². The first kappa shape index (κ1) is 19.0. The minimum atomic E-state index is -0.260. The van der Waals surface area contributed by atoms with Gasteiger partial charge in [0.05, 0.1) is 0 Å². The van der Waals surface area contributed by atoms with Gasteiger partial charge in [0.15, 0.2) is 0 Å². The molecule has 0 radical (unpaired) electrons. The highest BCUT2D eigenvalue weighted by Crippen LogP contribution is 2.39. The van der Waals surface area contributed by atoms with E-state index < -0.39 is 0 Å². The predicted octanol–water partition coefficient (Wildman–Crippen LogP) is 5.55. The number of phenolic OH excluding ortho intramolecular Hbond substituents is 1. The first-order valence-corrected chi connectivity index (χ1v) is 8.65. The maximum Gasteiger partial charge on any atom is 0.255 e. The smallest absolute Gasteiger partial charge is 0.255 e. The standard InChI is InChI=1S/C22H29NO2/c1-14-8-10-16(11-9-14)23-20(25)15-12-17(21(2,3)4)19(24)18(13-15)22(5,6)7/h8-13,24H,1-7H3,(H,23,25). The molecule has 0 saturated heterocycles. The number of aromatic hydroxyl groups is 1. The van der Waals surface area contributed by atoms with Crippen molar-refractivity contribution in [2.45, 2.75) is 59.3 Å². The number of nitrogens with one attached hydrogen (secondary N) is 1. The molecule has 2 aromatic carbocycles. The Hall–Kier alpha value is -2.29. The van der Waals surface area contributed by atoms with Crippen molar-refractivity contribution in [1.29, 1.82) is 0 Å². The molecule has 134 valence electrons. The molecule has 2 N–H and O–H groups in total.